The molecule has 130 valence electrons. The normalized spacial score (nSPS) is 16.4. The van der Waals surface area contributed by atoms with Crippen LogP contribution in [-0.2, 0) is 13.6 Å². The van der Waals surface area contributed by atoms with Crippen molar-refractivity contribution in [2.45, 2.75) is 25.3 Å². The summed E-state index contributed by atoms with van der Waals surface area (Å²) in [6.45, 7) is 3.10. The predicted octanol–water partition coefficient (Wildman–Crippen LogP) is 3.36. The predicted molar refractivity (Wildman–Crippen MR) is 98.8 cm³/mol. The van der Waals surface area contributed by atoms with Crippen molar-refractivity contribution in [2.24, 2.45) is 7.05 Å². The second-order valence-electron chi connectivity index (χ2n) is 6.76. The molecule has 5 nitrogen and oxygen atoms in total. The van der Waals surface area contributed by atoms with E-state index in [0.29, 0.717) is 5.92 Å². The van der Waals surface area contributed by atoms with Gasteiger partial charge in [0.15, 0.2) is 5.65 Å². The molecule has 1 aromatic carbocycles. The van der Waals surface area contributed by atoms with E-state index in [0.717, 1.165) is 42.4 Å². The van der Waals surface area contributed by atoms with Gasteiger partial charge in [-0.2, -0.15) is 0 Å². The van der Waals surface area contributed by atoms with Crippen LogP contribution in [0.2, 0.25) is 0 Å². The molecule has 1 fully saturated rings. The molecule has 1 saturated heterocycles. The van der Waals surface area contributed by atoms with Gasteiger partial charge < -0.3 is 9.30 Å². The van der Waals surface area contributed by atoms with Gasteiger partial charge in [-0.1, -0.05) is 12.1 Å². The number of hydrogen-bond donors (Lipinski definition) is 0. The fourth-order valence-electron chi connectivity index (χ4n) is 3.71. The van der Waals surface area contributed by atoms with Gasteiger partial charge in [-0.15, -0.1) is 0 Å². The Kier molecular flexibility index (Phi) is 4.40. The molecular weight excluding hydrogens is 312 g/mol. The zero-order valence-corrected chi connectivity index (χ0v) is 14.9. The third kappa shape index (κ3) is 3.24. The van der Waals surface area contributed by atoms with E-state index in [2.05, 4.69) is 51.8 Å². The van der Waals surface area contributed by atoms with Crippen LogP contribution in [0.5, 0.6) is 5.75 Å². The van der Waals surface area contributed by atoms with Crippen LogP contribution in [0.25, 0.3) is 11.2 Å². The number of benzene rings is 1. The van der Waals surface area contributed by atoms with E-state index in [1.807, 2.05) is 6.07 Å². The molecule has 3 aromatic rings. The molecule has 0 aliphatic carbocycles. The first-order chi connectivity index (χ1) is 12.2. The summed E-state index contributed by atoms with van der Waals surface area (Å²) >= 11 is 0. The zero-order chi connectivity index (χ0) is 17.2. The molecule has 0 radical (unpaired) electrons. The lowest BCUT2D eigenvalue weighted by molar-refractivity contribution is 0.199. The summed E-state index contributed by atoms with van der Waals surface area (Å²) in [7, 11) is 3.79. The highest BCUT2D eigenvalue weighted by Crippen LogP contribution is 2.29. The average Bonchev–Trinajstić information content (AvgIpc) is 2.98. The van der Waals surface area contributed by atoms with Crippen LogP contribution in [0.3, 0.4) is 0 Å². The molecule has 5 heteroatoms. The molecule has 1 aliphatic rings. The van der Waals surface area contributed by atoms with E-state index < -0.39 is 0 Å². The second-order valence-corrected chi connectivity index (χ2v) is 6.76. The van der Waals surface area contributed by atoms with Gasteiger partial charge in [-0.25, -0.2) is 9.97 Å². The highest BCUT2D eigenvalue weighted by molar-refractivity contribution is 5.71. The van der Waals surface area contributed by atoms with Crippen molar-refractivity contribution in [3.63, 3.8) is 0 Å². The van der Waals surface area contributed by atoms with Crippen LogP contribution in [0.1, 0.15) is 30.1 Å². The van der Waals surface area contributed by atoms with Gasteiger partial charge in [-0.3, -0.25) is 4.90 Å². The van der Waals surface area contributed by atoms with Gasteiger partial charge in [0, 0.05) is 13.2 Å². The van der Waals surface area contributed by atoms with Gasteiger partial charge in [0.25, 0.3) is 0 Å². The maximum absolute atomic E-state index is 5.25. The SMILES string of the molecule is COc1ccc(C2CCN(Cc3nc4ncccc4n3C)CC2)cc1. The fourth-order valence-corrected chi connectivity index (χ4v) is 3.71. The first-order valence-corrected chi connectivity index (χ1v) is 8.87. The number of aryl methyl sites for hydroxylation is 1. The number of methoxy groups -OCH3 is 1. The largest absolute Gasteiger partial charge is 0.497 e. The number of aromatic nitrogens is 3. The van der Waals surface area contributed by atoms with Crippen LogP contribution in [0.15, 0.2) is 42.6 Å². The summed E-state index contributed by atoms with van der Waals surface area (Å²) in [5, 5.41) is 0. The zero-order valence-electron chi connectivity index (χ0n) is 14.9. The molecule has 4 rings (SSSR count). The van der Waals surface area contributed by atoms with Gasteiger partial charge in [0.05, 0.1) is 19.2 Å². The Labute approximate surface area is 148 Å². The first-order valence-electron chi connectivity index (χ1n) is 8.87. The van der Waals surface area contributed by atoms with Gasteiger partial charge in [0.1, 0.15) is 11.6 Å². The smallest absolute Gasteiger partial charge is 0.177 e. The lowest BCUT2D eigenvalue weighted by Gasteiger charge is -2.32. The summed E-state index contributed by atoms with van der Waals surface area (Å²) in [4.78, 5) is 11.6. The number of nitrogens with zero attached hydrogens (tertiary/aromatic N) is 4. The lowest BCUT2D eigenvalue weighted by atomic mass is 9.89. The van der Waals surface area contributed by atoms with E-state index in [4.69, 9.17) is 9.72 Å². The van der Waals surface area contributed by atoms with Gasteiger partial charge >= 0.3 is 0 Å². The van der Waals surface area contributed by atoms with E-state index in [-0.39, 0.29) is 0 Å². The van der Waals surface area contributed by atoms with E-state index in [1.54, 1.807) is 13.3 Å². The van der Waals surface area contributed by atoms with Crippen molar-refractivity contribution < 1.29 is 4.74 Å². The molecule has 0 unspecified atom stereocenters. The van der Waals surface area contributed by atoms with Crippen molar-refractivity contribution in [1.82, 2.24) is 19.4 Å². The van der Waals surface area contributed by atoms with Crippen molar-refractivity contribution in [2.75, 3.05) is 20.2 Å². The Balaban J connectivity index is 1.40. The third-order valence-electron chi connectivity index (χ3n) is 5.29. The van der Waals surface area contributed by atoms with Crippen LogP contribution in [-0.4, -0.2) is 39.6 Å². The number of piperidine rings is 1. The molecule has 0 amide bonds. The van der Waals surface area contributed by atoms with Crippen LogP contribution >= 0.6 is 0 Å². The minimum absolute atomic E-state index is 0.643. The monoisotopic (exact) mass is 336 g/mol. The number of fused-ring (bicyclic) bond motifs is 1. The summed E-state index contributed by atoms with van der Waals surface area (Å²) in [6.07, 6.45) is 4.18. The summed E-state index contributed by atoms with van der Waals surface area (Å²) in [5.41, 5.74) is 3.37. The van der Waals surface area contributed by atoms with Crippen molar-refractivity contribution >= 4 is 11.2 Å². The van der Waals surface area contributed by atoms with Crippen molar-refractivity contribution in [1.29, 1.82) is 0 Å². The number of pyridine rings is 1. The van der Waals surface area contributed by atoms with Crippen molar-refractivity contribution in [3.05, 3.63) is 54.0 Å². The second kappa shape index (κ2) is 6.84. The van der Waals surface area contributed by atoms with Crippen LogP contribution < -0.4 is 4.74 Å². The lowest BCUT2D eigenvalue weighted by Crippen LogP contribution is -2.33. The number of rotatable bonds is 4. The molecular formula is C20H24N4O. The van der Waals surface area contributed by atoms with Gasteiger partial charge in [-0.05, 0) is 61.7 Å². The fraction of sp³-hybridized carbons (Fsp3) is 0.400. The van der Waals surface area contributed by atoms with Crippen molar-refractivity contribution in [3.8, 4) is 5.75 Å². The maximum atomic E-state index is 5.25. The summed E-state index contributed by atoms with van der Waals surface area (Å²) in [5.74, 6) is 2.66. The van der Waals surface area contributed by atoms with E-state index in [9.17, 15) is 0 Å². The van der Waals surface area contributed by atoms with Gasteiger partial charge in [0.2, 0.25) is 0 Å². The quantitative estimate of drug-likeness (QED) is 0.733. The Bertz CT molecular complexity index is 848. The maximum Gasteiger partial charge on any atom is 0.177 e. The molecule has 0 spiro atoms. The Morgan fingerprint density at radius 2 is 1.88 bits per heavy atom. The Morgan fingerprint density at radius 3 is 2.56 bits per heavy atom. The molecule has 25 heavy (non-hydrogen) atoms. The highest BCUT2D eigenvalue weighted by atomic mass is 16.5. The summed E-state index contributed by atoms with van der Waals surface area (Å²) < 4.78 is 7.42. The highest BCUT2D eigenvalue weighted by Gasteiger charge is 2.22. The number of ether oxygens (including phenoxy) is 1. The molecule has 0 saturated carbocycles. The summed E-state index contributed by atoms with van der Waals surface area (Å²) in [6, 6.07) is 12.6. The molecule has 0 bridgehead atoms. The standard InChI is InChI=1S/C20H24N4O/c1-23-18-4-3-11-21-20(18)22-19(23)14-24-12-9-16(10-13-24)15-5-7-17(25-2)8-6-15/h3-8,11,16H,9-10,12-14H2,1-2H3. The number of likely N-dealkylation sites (tertiary alicyclic amines) is 1. The van der Waals surface area contributed by atoms with Crippen LogP contribution in [0.4, 0.5) is 0 Å². The van der Waals surface area contributed by atoms with E-state index >= 15 is 0 Å². The van der Waals surface area contributed by atoms with E-state index in [1.165, 1.54) is 18.4 Å². The van der Waals surface area contributed by atoms with Crippen LogP contribution in [0, 0.1) is 0 Å². The Morgan fingerprint density at radius 1 is 1.12 bits per heavy atom. The minimum Gasteiger partial charge on any atom is -0.497 e. The first kappa shape index (κ1) is 16.1. The molecule has 1 aliphatic heterocycles. The number of imidazole rings is 1. The molecule has 0 N–H and O–H groups in total. The molecule has 3 heterocycles. The Hall–Kier alpha value is -2.40. The topological polar surface area (TPSA) is 43.2 Å². The average molecular weight is 336 g/mol. The third-order valence-corrected chi connectivity index (χ3v) is 5.29. The molecule has 2 aromatic heterocycles. The minimum atomic E-state index is 0.643. The molecule has 0 atom stereocenters. The number of hydrogen-bond acceptors (Lipinski definition) is 4.